The molecule has 4 aromatic rings. The molecule has 0 fully saturated rings. The summed E-state index contributed by atoms with van der Waals surface area (Å²) in [6, 6.07) is 16.1. The fraction of sp³-hybridized carbons (Fsp3) is 0.115. The van der Waals surface area contributed by atoms with Gasteiger partial charge in [-0.25, -0.2) is 14.2 Å². The van der Waals surface area contributed by atoms with Crippen LogP contribution in [0.3, 0.4) is 0 Å². The Morgan fingerprint density at radius 1 is 1.05 bits per heavy atom. The molecule has 0 aliphatic rings. The van der Waals surface area contributed by atoms with Crippen LogP contribution in [0.1, 0.15) is 11.1 Å². The van der Waals surface area contributed by atoms with E-state index in [0.717, 1.165) is 17.3 Å². The molecular weight excluding hydrogens is 521 g/mol. The zero-order chi connectivity index (χ0) is 26.4. The number of H-pyrrole nitrogens is 1. The van der Waals surface area contributed by atoms with Crippen molar-refractivity contribution in [3.05, 3.63) is 87.5 Å². The second-order valence-corrected chi connectivity index (χ2v) is 9.00. The largest absolute Gasteiger partial charge is 0.496 e. The number of aromatic nitrogens is 3. The Kier molecular flexibility index (Phi) is 8.32. The predicted molar refractivity (Wildman–Crippen MR) is 139 cm³/mol. The standard InChI is InChI=1S/C26H21ClFN3O5S/c1-34-20-10-6-17(27)13-19(20)24-29-26(31-30-24)37-23(25(32)33)12-16-5-9-21(22(11-16)35-2)36-14-15-3-7-18(28)8-4-15/h3-13H,14H2,1-2H3,(H,32,33)(H,29,30,31)/b23-12-. The first-order valence-corrected chi connectivity index (χ1v) is 12.0. The number of halogens is 2. The number of benzene rings is 3. The minimum absolute atomic E-state index is 0.00866. The van der Waals surface area contributed by atoms with Gasteiger partial charge in [0.15, 0.2) is 17.3 Å². The molecule has 0 aliphatic carbocycles. The van der Waals surface area contributed by atoms with Crippen molar-refractivity contribution in [2.75, 3.05) is 14.2 Å². The molecule has 0 bridgehead atoms. The smallest absolute Gasteiger partial charge is 0.342 e. The fourth-order valence-corrected chi connectivity index (χ4v) is 4.18. The van der Waals surface area contributed by atoms with Gasteiger partial charge in [0, 0.05) is 5.02 Å². The molecule has 0 spiro atoms. The Balaban J connectivity index is 1.53. The van der Waals surface area contributed by atoms with E-state index in [-0.39, 0.29) is 22.5 Å². The SMILES string of the molecule is COc1cc(/C=C(\Sc2n[nH]c(-c3cc(Cl)ccc3OC)n2)C(=O)O)ccc1OCc1ccc(F)cc1. The lowest BCUT2D eigenvalue weighted by Crippen LogP contribution is -1.99. The highest BCUT2D eigenvalue weighted by molar-refractivity contribution is 8.04. The Hall–Kier alpha value is -4.02. The van der Waals surface area contributed by atoms with Crippen LogP contribution in [-0.4, -0.2) is 40.5 Å². The molecule has 8 nitrogen and oxygen atoms in total. The van der Waals surface area contributed by atoms with Gasteiger partial charge in [-0.15, -0.1) is 5.10 Å². The quantitative estimate of drug-likeness (QED) is 0.184. The molecule has 0 radical (unpaired) electrons. The summed E-state index contributed by atoms with van der Waals surface area (Å²) >= 11 is 6.98. The minimum atomic E-state index is -1.15. The number of methoxy groups -OCH3 is 2. The normalized spacial score (nSPS) is 11.3. The van der Waals surface area contributed by atoms with Crippen molar-refractivity contribution in [2.45, 2.75) is 11.8 Å². The van der Waals surface area contributed by atoms with Gasteiger partial charge in [-0.3, -0.25) is 5.10 Å². The summed E-state index contributed by atoms with van der Waals surface area (Å²) in [4.78, 5) is 16.3. The average molecular weight is 542 g/mol. The lowest BCUT2D eigenvalue weighted by atomic mass is 10.2. The van der Waals surface area contributed by atoms with Crippen molar-refractivity contribution in [2.24, 2.45) is 0 Å². The van der Waals surface area contributed by atoms with Crippen LogP contribution in [0.25, 0.3) is 17.5 Å². The van der Waals surface area contributed by atoms with Crippen molar-refractivity contribution in [1.82, 2.24) is 15.2 Å². The third kappa shape index (κ3) is 6.60. The molecule has 0 aliphatic heterocycles. The summed E-state index contributed by atoms with van der Waals surface area (Å²) < 4.78 is 29.7. The molecule has 11 heteroatoms. The van der Waals surface area contributed by atoms with Crippen molar-refractivity contribution >= 4 is 35.4 Å². The highest BCUT2D eigenvalue weighted by Gasteiger charge is 2.17. The van der Waals surface area contributed by atoms with Crippen LogP contribution < -0.4 is 14.2 Å². The highest BCUT2D eigenvalue weighted by Crippen LogP contribution is 2.34. The molecule has 0 saturated carbocycles. The molecule has 0 atom stereocenters. The van der Waals surface area contributed by atoms with Crippen molar-refractivity contribution in [1.29, 1.82) is 0 Å². The van der Waals surface area contributed by atoms with Gasteiger partial charge in [-0.1, -0.05) is 29.8 Å². The Labute approximate surface area is 221 Å². The first kappa shape index (κ1) is 26.1. The van der Waals surface area contributed by atoms with E-state index in [0.29, 0.717) is 39.2 Å². The molecule has 3 aromatic carbocycles. The van der Waals surface area contributed by atoms with Gasteiger partial charge in [0.05, 0.1) is 19.8 Å². The molecule has 0 saturated heterocycles. The average Bonchev–Trinajstić information content (AvgIpc) is 3.36. The molecule has 4 rings (SSSR count). The van der Waals surface area contributed by atoms with E-state index in [4.69, 9.17) is 25.8 Å². The van der Waals surface area contributed by atoms with E-state index >= 15 is 0 Å². The predicted octanol–water partition coefficient (Wildman–Crippen LogP) is 6.08. The second kappa shape index (κ2) is 11.8. The number of nitrogens with zero attached hydrogens (tertiary/aromatic N) is 2. The van der Waals surface area contributed by atoms with E-state index in [9.17, 15) is 14.3 Å². The van der Waals surface area contributed by atoms with Crippen LogP contribution in [0.15, 0.2) is 70.7 Å². The van der Waals surface area contributed by atoms with Crippen LogP contribution >= 0.6 is 23.4 Å². The van der Waals surface area contributed by atoms with Crippen LogP contribution in [0.2, 0.25) is 5.02 Å². The van der Waals surface area contributed by atoms with E-state index in [1.807, 2.05) is 0 Å². The zero-order valence-electron chi connectivity index (χ0n) is 19.7. The van der Waals surface area contributed by atoms with Gasteiger partial charge in [0.25, 0.3) is 0 Å². The number of nitrogens with one attached hydrogen (secondary N) is 1. The number of hydrogen-bond donors (Lipinski definition) is 2. The fourth-order valence-electron chi connectivity index (χ4n) is 3.30. The molecule has 37 heavy (non-hydrogen) atoms. The Bertz CT molecular complexity index is 1440. The van der Waals surface area contributed by atoms with Gasteiger partial charge in [0.2, 0.25) is 5.16 Å². The monoisotopic (exact) mass is 541 g/mol. The van der Waals surface area contributed by atoms with Crippen LogP contribution in [-0.2, 0) is 11.4 Å². The molecular formula is C26H21ClFN3O5S. The lowest BCUT2D eigenvalue weighted by molar-refractivity contribution is -0.131. The maximum absolute atomic E-state index is 13.1. The summed E-state index contributed by atoms with van der Waals surface area (Å²) in [6.07, 6.45) is 1.48. The summed E-state index contributed by atoms with van der Waals surface area (Å²) in [5, 5.41) is 17.4. The van der Waals surface area contributed by atoms with Crippen LogP contribution in [0.4, 0.5) is 4.39 Å². The number of ether oxygens (including phenoxy) is 3. The number of hydrogen-bond acceptors (Lipinski definition) is 7. The number of thioether (sulfide) groups is 1. The Morgan fingerprint density at radius 2 is 1.78 bits per heavy atom. The zero-order valence-corrected chi connectivity index (χ0v) is 21.3. The summed E-state index contributed by atoms with van der Waals surface area (Å²) in [6.45, 7) is 0.215. The van der Waals surface area contributed by atoms with Gasteiger partial charge in [0.1, 0.15) is 23.1 Å². The summed E-state index contributed by atoms with van der Waals surface area (Å²) in [5.74, 6) is 0.333. The Morgan fingerprint density at radius 3 is 2.49 bits per heavy atom. The number of carboxylic acid groups (broad SMARTS) is 1. The number of carboxylic acids is 1. The van der Waals surface area contributed by atoms with Crippen molar-refractivity contribution < 1.29 is 28.5 Å². The number of carbonyl (C=O) groups is 1. The van der Waals surface area contributed by atoms with E-state index in [1.165, 1.54) is 32.4 Å². The molecule has 1 heterocycles. The first-order valence-electron chi connectivity index (χ1n) is 10.8. The topological polar surface area (TPSA) is 107 Å². The van der Waals surface area contributed by atoms with Gasteiger partial charge in [-0.2, -0.15) is 0 Å². The van der Waals surface area contributed by atoms with E-state index in [1.54, 1.807) is 48.5 Å². The summed E-state index contributed by atoms with van der Waals surface area (Å²) in [5.41, 5.74) is 1.96. The van der Waals surface area contributed by atoms with Crippen molar-refractivity contribution in [3.8, 4) is 28.6 Å². The first-order chi connectivity index (χ1) is 17.9. The van der Waals surface area contributed by atoms with Crippen LogP contribution in [0.5, 0.6) is 17.2 Å². The number of aromatic amines is 1. The molecule has 0 unspecified atom stereocenters. The number of aliphatic carboxylic acids is 1. The molecule has 2 N–H and O–H groups in total. The molecule has 1 aromatic heterocycles. The van der Waals surface area contributed by atoms with Crippen molar-refractivity contribution in [3.63, 3.8) is 0 Å². The van der Waals surface area contributed by atoms with Gasteiger partial charge < -0.3 is 19.3 Å². The van der Waals surface area contributed by atoms with Gasteiger partial charge >= 0.3 is 5.97 Å². The molecule has 190 valence electrons. The van der Waals surface area contributed by atoms with E-state index in [2.05, 4.69) is 15.2 Å². The second-order valence-electron chi connectivity index (χ2n) is 7.55. The third-order valence-electron chi connectivity index (χ3n) is 5.09. The maximum atomic E-state index is 13.1. The van der Waals surface area contributed by atoms with Gasteiger partial charge in [-0.05, 0) is 71.4 Å². The minimum Gasteiger partial charge on any atom is -0.496 e. The third-order valence-corrected chi connectivity index (χ3v) is 6.20. The number of rotatable bonds is 10. The highest BCUT2D eigenvalue weighted by atomic mass is 35.5. The van der Waals surface area contributed by atoms with Crippen LogP contribution in [0, 0.1) is 5.82 Å². The maximum Gasteiger partial charge on any atom is 0.342 e. The molecule has 0 amide bonds. The lowest BCUT2D eigenvalue weighted by Gasteiger charge is -2.12. The summed E-state index contributed by atoms with van der Waals surface area (Å²) in [7, 11) is 3.01. The van der Waals surface area contributed by atoms with E-state index < -0.39 is 5.97 Å².